The average molecular weight is 490 g/mol. The van der Waals surface area contributed by atoms with Crippen LogP contribution in [-0.4, -0.2) is 30.1 Å². The van der Waals surface area contributed by atoms with Crippen LogP contribution < -0.4 is 16.0 Å². The van der Waals surface area contributed by atoms with Crippen LogP contribution in [0, 0.1) is 0 Å². The number of amides is 3. The van der Waals surface area contributed by atoms with E-state index < -0.39 is 11.7 Å². The molecule has 2 aromatic rings. The number of nitrogens with one attached hydrogen (secondary N) is 3. The number of benzene rings is 2. The van der Waals surface area contributed by atoms with Crippen molar-refractivity contribution in [2.75, 3.05) is 11.9 Å². The van der Waals surface area contributed by atoms with Gasteiger partial charge in [0.05, 0.1) is 0 Å². The van der Waals surface area contributed by atoms with Crippen molar-refractivity contribution >= 4 is 39.5 Å². The lowest BCUT2D eigenvalue weighted by Crippen LogP contribution is -2.37. The van der Waals surface area contributed by atoms with Crippen molar-refractivity contribution < 1.29 is 19.1 Å². The van der Waals surface area contributed by atoms with Gasteiger partial charge in [-0.3, -0.25) is 9.59 Å². The largest absolute Gasteiger partial charge is 0.444 e. The predicted molar refractivity (Wildman–Crippen MR) is 124 cm³/mol. The highest BCUT2D eigenvalue weighted by Gasteiger charge is 2.16. The molecule has 0 unspecified atom stereocenters. The molecule has 0 aliphatic rings. The lowest BCUT2D eigenvalue weighted by atomic mass is 10.1. The molecule has 3 amide bonds. The Bertz CT molecular complexity index is 891. The summed E-state index contributed by atoms with van der Waals surface area (Å²) in [4.78, 5) is 35.6. The Morgan fingerprint density at radius 1 is 0.871 bits per heavy atom. The summed E-state index contributed by atoms with van der Waals surface area (Å²) in [5, 5.41) is 8.00. The molecule has 31 heavy (non-hydrogen) atoms. The lowest BCUT2D eigenvalue weighted by molar-refractivity contribution is -0.121. The SMILES string of the molecule is CC(C)(C)OC(=O)NCC(=O)Nc1ccc(CNC(=O)CCc2ccc(Br)cc2)cc1. The number of anilines is 1. The van der Waals surface area contributed by atoms with Crippen LogP contribution in [0.25, 0.3) is 0 Å². The van der Waals surface area contributed by atoms with Crippen LogP contribution in [0.4, 0.5) is 10.5 Å². The molecule has 7 nitrogen and oxygen atoms in total. The summed E-state index contributed by atoms with van der Waals surface area (Å²) in [7, 11) is 0. The first-order valence-electron chi connectivity index (χ1n) is 9.97. The molecule has 0 heterocycles. The smallest absolute Gasteiger partial charge is 0.408 e. The summed E-state index contributed by atoms with van der Waals surface area (Å²) in [5.41, 5.74) is 2.01. The fraction of sp³-hybridized carbons (Fsp3) is 0.348. The van der Waals surface area contributed by atoms with Gasteiger partial charge >= 0.3 is 6.09 Å². The zero-order valence-corrected chi connectivity index (χ0v) is 19.5. The summed E-state index contributed by atoms with van der Waals surface area (Å²) in [6, 6.07) is 15.0. The quantitative estimate of drug-likeness (QED) is 0.518. The summed E-state index contributed by atoms with van der Waals surface area (Å²) < 4.78 is 6.09. The van der Waals surface area contributed by atoms with E-state index >= 15 is 0 Å². The number of hydrogen-bond acceptors (Lipinski definition) is 4. The van der Waals surface area contributed by atoms with Gasteiger partial charge in [-0.25, -0.2) is 4.79 Å². The maximum Gasteiger partial charge on any atom is 0.408 e. The number of carbonyl (C=O) groups is 3. The molecule has 0 aromatic heterocycles. The third-order valence-corrected chi connectivity index (χ3v) is 4.60. The molecule has 0 aliphatic heterocycles. The number of aryl methyl sites for hydroxylation is 1. The van der Waals surface area contributed by atoms with E-state index in [9.17, 15) is 14.4 Å². The van der Waals surface area contributed by atoms with E-state index in [0.717, 1.165) is 15.6 Å². The number of rotatable bonds is 8. The van der Waals surface area contributed by atoms with Gasteiger partial charge in [0.1, 0.15) is 12.1 Å². The third kappa shape index (κ3) is 10.1. The molecular formula is C23H28BrN3O4. The average Bonchev–Trinajstić information content (AvgIpc) is 2.70. The van der Waals surface area contributed by atoms with E-state index in [1.165, 1.54) is 0 Å². The fourth-order valence-electron chi connectivity index (χ4n) is 2.58. The van der Waals surface area contributed by atoms with Crippen molar-refractivity contribution in [3.05, 3.63) is 64.1 Å². The molecule has 0 aliphatic carbocycles. The number of alkyl carbamates (subject to hydrolysis) is 1. The number of hydrogen-bond donors (Lipinski definition) is 3. The number of ether oxygens (including phenoxy) is 1. The first-order chi connectivity index (χ1) is 14.6. The minimum absolute atomic E-state index is 0.0199. The zero-order valence-electron chi connectivity index (χ0n) is 18.0. The van der Waals surface area contributed by atoms with Gasteiger partial charge in [0.15, 0.2) is 0 Å². The molecule has 166 valence electrons. The second kappa shape index (κ2) is 11.5. The van der Waals surface area contributed by atoms with E-state index in [4.69, 9.17) is 4.74 Å². The molecule has 0 atom stereocenters. The number of halogens is 1. The molecule has 0 fully saturated rings. The van der Waals surface area contributed by atoms with Crippen molar-refractivity contribution in [3.63, 3.8) is 0 Å². The summed E-state index contributed by atoms with van der Waals surface area (Å²) in [5.74, 6) is -0.381. The third-order valence-electron chi connectivity index (χ3n) is 4.07. The summed E-state index contributed by atoms with van der Waals surface area (Å²) >= 11 is 3.39. The Labute approximate surface area is 191 Å². The monoisotopic (exact) mass is 489 g/mol. The predicted octanol–water partition coefficient (Wildman–Crippen LogP) is 4.16. The highest BCUT2D eigenvalue weighted by molar-refractivity contribution is 9.10. The maximum atomic E-state index is 12.1. The number of carbonyl (C=O) groups excluding carboxylic acids is 3. The molecule has 0 bridgehead atoms. The van der Waals surface area contributed by atoms with E-state index in [0.29, 0.717) is 25.1 Å². The van der Waals surface area contributed by atoms with Gasteiger partial charge in [0.25, 0.3) is 0 Å². The second-order valence-corrected chi connectivity index (χ2v) is 8.92. The molecular weight excluding hydrogens is 462 g/mol. The highest BCUT2D eigenvalue weighted by atomic mass is 79.9. The van der Waals surface area contributed by atoms with E-state index in [1.54, 1.807) is 32.9 Å². The Kier molecular flexibility index (Phi) is 9.05. The van der Waals surface area contributed by atoms with Gasteiger partial charge in [0, 0.05) is 23.1 Å². The van der Waals surface area contributed by atoms with Crippen molar-refractivity contribution in [2.45, 2.75) is 45.8 Å². The maximum absolute atomic E-state index is 12.1. The van der Waals surface area contributed by atoms with Gasteiger partial charge in [-0.1, -0.05) is 40.2 Å². The first-order valence-corrected chi connectivity index (χ1v) is 10.8. The molecule has 2 aromatic carbocycles. The molecule has 0 spiro atoms. The first kappa shape index (κ1) is 24.4. The van der Waals surface area contributed by atoms with Gasteiger partial charge in [-0.2, -0.15) is 0 Å². The van der Waals surface area contributed by atoms with Crippen molar-refractivity contribution in [3.8, 4) is 0 Å². The molecule has 0 radical (unpaired) electrons. The standard InChI is InChI=1S/C23H28BrN3O4/c1-23(2,3)31-22(30)26-15-21(29)27-19-11-6-17(7-12-19)14-25-20(28)13-8-16-4-9-18(24)10-5-16/h4-7,9-12H,8,13-15H2,1-3H3,(H,25,28)(H,26,30)(H,27,29). The van der Waals surface area contributed by atoms with Crippen LogP contribution in [0.5, 0.6) is 0 Å². The highest BCUT2D eigenvalue weighted by Crippen LogP contribution is 2.12. The van der Waals surface area contributed by atoms with Crippen LogP contribution in [0.1, 0.15) is 38.3 Å². The van der Waals surface area contributed by atoms with Crippen LogP contribution in [0.2, 0.25) is 0 Å². The van der Waals surface area contributed by atoms with Crippen molar-refractivity contribution in [2.24, 2.45) is 0 Å². The normalized spacial score (nSPS) is 10.8. The van der Waals surface area contributed by atoms with E-state index in [-0.39, 0.29) is 18.4 Å². The molecule has 3 N–H and O–H groups in total. The molecule has 8 heteroatoms. The van der Waals surface area contributed by atoms with Crippen LogP contribution in [0.3, 0.4) is 0 Å². The molecule has 0 saturated carbocycles. The van der Waals surface area contributed by atoms with Crippen molar-refractivity contribution in [1.82, 2.24) is 10.6 Å². The Morgan fingerprint density at radius 2 is 1.48 bits per heavy atom. The second-order valence-electron chi connectivity index (χ2n) is 8.00. The van der Waals surface area contributed by atoms with Gasteiger partial charge < -0.3 is 20.7 Å². The molecule has 0 saturated heterocycles. The van der Waals surface area contributed by atoms with Crippen molar-refractivity contribution in [1.29, 1.82) is 0 Å². The zero-order chi connectivity index (χ0) is 22.9. The topological polar surface area (TPSA) is 96.5 Å². The van der Waals surface area contributed by atoms with E-state index in [2.05, 4.69) is 31.9 Å². The Hall–Kier alpha value is -2.87. The van der Waals surface area contributed by atoms with Gasteiger partial charge in [-0.05, 0) is 62.6 Å². The Morgan fingerprint density at radius 3 is 2.10 bits per heavy atom. The fourth-order valence-corrected chi connectivity index (χ4v) is 2.84. The van der Waals surface area contributed by atoms with Crippen LogP contribution >= 0.6 is 15.9 Å². The minimum atomic E-state index is -0.645. The van der Waals surface area contributed by atoms with Crippen LogP contribution in [-0.2, 0) is 27.3 Å². The van der Waals surface area contributed by atoms with Crippen LogP contribution in [0.15, 0.2) is 53.0 Å². The lowest BCUT2D eigenvalue weighted by Gasteiger charge is -2.19. The van der Waals surface area contributed by atoms with Gasteiger partial charge in [-0.15, -0.1) is 0 Å². The van der Waals surface area contributed by atoms with Gasteiger partial charge in [0.2, 0.25) is 11.8 Å². The van der Waals surface area contributed by atoms with E-state index in [1.807, 2.05) is 36.4 Å². The summed E-state index contributed by atoms with van der Waals surface area (Å²) in [6.45, 7) is 5.47. The summed E-state index contributed by atoms with van der Waals surface area (Å²) in [6.07, 6.45) is 0.454. The minimum Gasteiger partial charge on any atom is -0.444 e. The molecule has 2 rings (SSSR count). The Balaban J connectivity index is 1.69.